The molecule has 0 bridgehead atoms. The summed E-state index contributed by atoms with van der Waals surface area (Å²) in [5.74, 6) is 0. The Kier molecular flexibility index (Phi) is 4.89. The fourth-order valence-electron chi connectivity index (χ4n) is 1.32. The number of methoxy groups -OCH3 is 1. The van der Waals surface area contributed by atoms with Crippen LogP contribution in [0.1, 0.15) is 42.8 Å². The number of nitrogens with one attached hydrogen (secondary N) is 1. The highest BCUT2D eigenvalue weighted by atomic mass is 32.1. The van der Waals surface area contributed by atoms with Gasteiger partial charge in [0.05, 0.1) is 5.69 Å². The summed E-state index contributed by atoms with van der Waals surface area (Å²) in [5.41, 5.74) is 0.840. The van der Waals surface area contributed by atoms with Crippen LogP contribution in [0.25, 0.3) is 0 Å². The van der Waals surface area contributed by atoms with Crippen LogP contribution in [-0.2, 0) is 16.9 Å². The Bertz CT molecular complexity index is 334. The average molecular weight is 242 g/mol. The molecule has 0 spiro atoms. The number of rotatable bonds is 6. The zero-order valence-corrected chi connectivity index (χ0v) is 11.7. The molecule has 1 rings (SSSR count). The quantitative estimate of drug-likeness (QED) is 0.779. The number of nitrogens with zero attached hydrogens (tertiary/aromatic N) is 1. The third kappa shape index (κ3) is 3.27. The van der Waals surface area contributed by atoms with Gasteiger partial charge in [0.25, 0.3) is 0 Å². The Hall–Kier alpha value is -0.450. The van der Waals surface area contributed by atoms with Crippen molar-refractivity contribution in [2.24, 2.45) is 0 Å². The standard InChI is InChI=1S/C12H22N2OS/c1-6-7-13-8-10-9(2)14-11(16-10)12(3,4)15-5/h13H,6-8H2,1-5H3. The van der Waals surface area contributed by atoms with E-state index in [1.165, 1.54) is 4.88 Å². The molecule has 0 saturated carbocycles. The van der Waals surface area contributed by atoms with Gasteiger partial charge < -0.3 is 10.1 Å². The molecule has 0 aliphatic carbocycles. The fourth-order valence-corrected chi connectivity index (χ4v) is 2.43. The van der Waals surface area contributed by atoms with Gasteiger partial charge in [-0.05, 0) is 33.7 Å². The molecule has 16 heavy (non-hydrogen) atoms. The third-order valence-corrected chi connectivity index (χ3v) is 4.09. The molecule has 0 aliphatic heterocycles. The SMILES string of the molecule is CCCNCc1sc(C(C)(C)OC)nc1C. The highest BCUT2D eigenvalue weighted by Gasteiger charge is 2.24. The second-order valence-electron chi connectivity index (χ2n) is 4.42. The van der Waals surface area contributed by atoms with Crippen molar-refractivity contribution in [1.82, 2.24) is 10.3 Å². The molecular formula is C12H22N2OS. The summed E-state index contributed by atoms with van der Waals surface area (Å²) >= 11 is 1.74. The van der Waals surface area contributed by atoms with Crippen LogP contribution in [0.15, 0.2) is 0 Å². The number of aromatic nitrogens is 1. The first-order valence-electron chi connectivity index (χ1n) is 5.74. The van der Waals surface area contributed by atoms with Crippen LogP contribution in [0.5, 0.6) is 0 Å². The smallest absolute Gasteiger partial charge is 0.125 e. The molecule has 1 heterocycles. The summed E-state index contributed by atoms with van der Waals surface area (Å²) < 4.78 is 5.45. The minimum Gasteiger partial charge on any atom is -0.372 e. The van der Waals surface area contributed by atoms with Crippen molar-refractivity contribution in [3.05, 3.63) is 15.6 Å². The predicted octanol–water partition coefficient (Wildman–Crippen LogP) is 2.83. The summed E-state index contributed by atoms with van der Waals surface area (Å²) in [6, 6.07) is 0. The van der Waals surface area contributed by atoms with E-state index >= 15 is 0 Å². The van der Waals surface area contributed by atoms with Crippen molar-refractivity contribution in [1.29, 1.82) is 0 Å². The molecule has 1 N–H and O–H groups in total. The first-order chi connectivity index (χ1) is 7.51. The Balaban J connectivity index is 2.74. The Morgan fingerprint density at radius 1 is 1.44 bits per heavy atom. The van der Waals surface area contributed by atoms with Gasteiger partial charge in [-0.25, -0.2) is 4.98 Å². The monoisotopic (exact) mass is 242 g/mol. The molecular weight excluding hydrogens is 220 g/mol. The van der Waals surface area contributed by atoms with Gasteiger partial charge in [-0.2, -0.15) is 0 Å². The molecule has 0 radical (unpaired) electrons. The van der Waals surface area contributed by atoms with Crippen molar-refractivity contribution in [2.75, 3.05) is 13.7 Å². The molecule has 0 aliphatic rings. The van der Waals surface area contributed by atoms with E-state index in [4.69, 9.17) is 4.74 Å². The summed E-state index contributed by atoms with van der Waals surface area (Å²) in [6.07, 6.45) is 1.16. The lowest BCUT2D eigenvalue weighted by Gasteiger charge is -2.19. The van der Waals surface area contributed by atoms with Gasteiger partial charge in [-0.15, -0.1) is 11.3 Å². The molecule has 1 aromatic heterocycles. The average Bonchev–Trinajstić information content (AvgIpc) is 2.62. The molecule has 0 fully saturated rings. The van der Waals surface area contributed by atoms with Crippen molar-refractivity contribution in [3.8, 4) is 0 Å². The molecule has 0 amide bonds. The normalized spacial score (nSPS) is 12.1. The van der Waals surface area contributed by atoms with Crippen molar-refractivity contribution < 1.29 is 4.74 Å². The largest absolute Gasteiger partial charge is 0.372 e. The second-order valence-corrected chi connectivity index (χ2v) is 5.50. The van der Waals surface area contributed by atoms with E-state index in [-0.39, 0.29) is 5.60 Å². The molecule has 0 atom stereocenters. The lowest BCUT2D eigenvalue weighted by atomic mass is 10.1. The summed E-state index contributed by atoms with van der Waals surface area (Å²) in [6.45, 7) is 10.3. The van der Waals surface area contributed by atoms with Crippen molar-refractivity contribution in [2.45, 2.75) is 46.3 Å². The first-order valence-corrected chi connectivity index (χ1v) is 6.55. The maximum absolute atomic E-state index is 5.45. The number of hydrogen-bond donors (Lipinski definition) is 1. The zero-order chi connectivity index (χ0) is 12.2. The van der Waals surface area contributed by atoms with Crippen LogP contribution in [0.2, 0.25) is 0 Å². The summed E-state index contributed by atoms with van der Waals surface area (Å²) in [5, 5.41) is 4.46. The first kappa shape index (κ1) is 13.6. The molecule has 3 nitrogen and oxygen atoms in total. The molecule has 4 heteroatoms. The van der Waals surface area contributed by atoms with Crippen LogP contribution in [0, 0.1) is 6.92 Å². The minimum absolute atomic E-state index is 0.279. The highest BCUT2D eigenvalue weighted by molar-refractivity contribution is 7.11. The van der Waals surface area contributed by atoms with Gasteiger partial charge in [0.1, 0.15) is 10.6 Å². The number of thiazole rings is 1. The van der Waals surface area contributed by atoms with E-state index in [0.717, 1.165) is 30.2 Å². The zero-order valence-electron chi connectivity index (χ0n) is 10.9. The molecule has 0 saturated heterocycles. The van der Waals surface area contributed by atoms with E-state index in [0.29, 0.717) is 0 Å². The van der Waals surface area contributed by atoms with E-state index in [2.05, 4.69) is 38.0 Å². The van der Waals surface area contributed by atoms with Crippen LogP contribution in [0.3, 0.4) is 0 Å². The number of aryl methyl sites for hydroxylation is 1. The van der Waals surface area contributed by atoms with Gasteiger partial charge in [-0.3, -0.25) is 0 Å². The van der Waals surface area contributed by atoms with E-state index < -0.39 is 0 Å². The summed E-state index contributed by atoms with van der Waals surface area (Å²) in [7, 11) is 1.73. The maximum atomic E-state index is 5.45. The van der Waals surface area contributed by atoms with E-state index in [9.17, 15) is 0 Å². The molecule has 1 aromatic rings. The number of hydrogen-bond acceptors (Lipinski definition) is 4. The van der Waals surface area contributed by atoms with Crippen LogP contribution in [0.4, 0.5) is 0 Å². The number of ether oxygens (including phenoxy) is 1. The van der Waals surface area contributed by atoms with Crippen molar-refractivity contribution >= 4 is 11.3 Å². The Labute approximate surface area is 102 Å². The predicted molar refractivity (Wildman–Crippen MR) is 68.9 cm³/mol. The Morgan fingerprint density at radius 3 is 2.69 bits per heavy atom. The van der Waals surface area contributed by atoms with E-state index in [1.54, 1.807) is 18.4 Å². The lowest BCUT2D eigenvalue weighted by molar-refractivity contribution is 0.0189. The molecule has 0 aromatic carbocycles. The van der Waals surface area contributed by atoms with Crippen LogP contribution in [-0.4, -0.2) is 18.6 Å². The van der Waals surface area contributed by atoms with Gasteiger partial charge >= 0.3 is 0 Å². The molecule has 92 valence electrons. The van der Waals surface area contributed by atoms with Crippen molar-refractivity contribution in [3.63, 3.8) is 0 Å². The van der Waals surface area contributed by atoms with Gasteiger partial charge in [0, 0.05) is 18.5 Å². The van der Waals surface area contributed by atoms with Crippen LogP contribution >= 0.6 is 11.3 Å². The Morgan fingerprint density at radius 2 is 2.12 bits per heavy atom. The topological polar surface area (TPSA) is 34.1 Å². The maximum Gasteiger partial charge on any atom is 0.125 e. The van der Waals surface area contributed by atoms with Gasteiger partial charge in [0.2, 0.25) is 0 Å². The van der Waals surface area contributed by atoms with Gasteiger partial charge in [-0.1, -0.05) is 6.92 Å². The fraction of sp³-hybridized carbons (Fsp3) is 0.750. The highest BCUT2D eigenvalue weighted by Crippen LogP contribution is 2.29. The second kappa shape index (κ2) is 5.75. The lowest BCUT2D eigenvalue weighted by Crippen LogP contribution is -2.18. The van der Waals surface area contributed by atoms with E-state index in [1.807, 2.05) is 0 Å². The van der Waals surface area contributed by atoms with Gasteiger partial charge in [0.15, 0.2) is 0 Å². The minimum atomic E-state index is -0.279. The van der Waals surface area contributed by atoms with Crippen LogP contribution < -0.4 is 5.32 Å². The third-order valence-electron chi connectivity index (χ3n) is 2.63. The summed E-state index contributed by atoms with van der Waals surface area (Å²) in [4.78, 5) is 5.90. The molecule has 0 unspecified atom stereocenters.